The maximum Gasteiger partial charge on any atom is 0.282 e. The average molecular weight is 481 g/mol. The number of fused-ring (bicyclic) bond motifs is 1. The zero-order chi connectivity index (χ0) is 23.8. The maximum absolute atomic E-state index is 13.6. The first-order valence-electron chi connectivity index (χ1n) is 10.2. The van der Waals surface area contributed by atoms with Crippen LogP contribution in [0.4, 0.5) is 8.78 Å². The molecule has 0 aliphatic carbocycles. The number of halogens is 2. The fourth-order valence-electron chi connectivity index (χ4n) is 3.45. The normalized spacial score (nSPS) is 11.4. The third-order valence-corrected chi connectivity index (χ3v) is 6.08. The summed E-state index contributed by atoms with van der Waals surface area (Å²) in [5.74, 6) is -0.391. The number of carbonyl (C=O) groups excluding carboxylic acids is 1. The molecule has 5 rings (SSSR count). The molecule has 0 aromatic carbocycles. The first kappa shape index (κ1) is 21.8. The third kappa shape index (κ3) is 4.03. The Morgan fingerprint density at radius 2 is 1.97 bits per heavy atom. The predicted molar refractivity (Wildman–Crippen MR) is 121 cm³/mol. The second-order valence-corrected chi connectivity index (χ2v) is 8.82. The molecule has 0 saturated carbocycles. The smallest absolute Gasteiger partial charge is 0.282 e. The zero-order valence-corrected chi connectivity index (χ0v) is 18.9. The molecular weight excluding hydrogens is 462 g/mol. The minimum Gasteiger partial charge on any atom is -0.348 e. The van der Waals surface area contributed by atoms with Crippen LogP contribution in [-0.2, 0) is 6.54 Å². The average Bonchev–Trinajstić information content (AvgIpc) is 3.57. The van der Waals surface area contributed by atoms with Gasteiger partial charge in [-0.2, -0.15) is 0 Å². The summed E-state index contributed by atoms with van der Waals surface area (Å²) in [5, 5.41) is 11.0. The van der Waals surface area contributed by atoms with Crippen LogP contribution in [0, 0.1) is 13.8 Å². The molecule has 0 saturated heterocycles. The minimum atomic E-state index is -2.81. The monoisotopic (exact) mass is 480 g/mol. The van der Waals surface area contributed by atoms with E-state index >= 15 is 0 Å². The number of nitrogens with one attached hydrogen (secondary N) is 1. The van der Waals surface area contributed by atoms with Gasteiger partial charge in [0.1, 0.15) is 22.1 Å². The SMILES string of the molecule is Cc1ccc(CNC(=O)c2cc(-n3nncc3C(F)F)c3ncc(-c4ncc(C)s4)n3c2)cn1. The number of alkyl halides is 2. The molecule has 0 unspecified atom stereocenters. The zero-order valence-electron chi connectivity index (χ0n) is 18.1. The molecule has 0 fully saturated rings. The van der Waals surface area contributed by atoms with Crippen molar-refractivity contribution in [1.82, 2.24) is 39.7 Å². The molecule has 0 bridgehead atoms. The molecule has 9 nitrogen and oxygen atoms in total. The number of hydrogen-bond acceptors (Lipinski definition) is 7. The summed E-state index contributed by atoms with van der Waals surface area (Å²) in [6, 6.07) is 5.21. The summed E-state index contributed by atoms with van der Waals surface area (Å²) < 4.78 is 29.9. The van der Waals surface area contributed by atoms with Gasteiger partial charge in [-0.05, 0) is 31.5 Å². The Bertz CT molecular complexity index is 1490. The Morgan fingerprint density at radius 3 is 2.68 bits per heavy atom. The van der Waals surface area contributed by atoms with Crippen molar-refractivity contribution in [2.75, 3.05) is 0 Å². The summed E-state index contributed by atoms with van der Waals surface area (Å²) in [5.41, 5.74) is 2.72. The Labute approximate surface area is 196 Å². The lowest BCUT2D eigenvalue weighted by molar-refractivity contribution is 0.0950. The second kappa shape index (κ2) is 8.71. The van der Waals surface area contributed by atoms with Crippen LogP contribution in [0.3, 0.4) is 0 Å². The molecule has 5 aromatic heterocycles. The van der Waals surface area contributed by atoms with Gasteiger partial charge < -0.3 is 5.32 Å². The highest BCUT2D eigenvalue weighted by atomic mass is 32.1. The van der Waals surface area contributed by atoms with Crippen LogP contribution >= 0.6 is 11.3 Å². The molecule has 172 valence electrons. The van der Waals surface area contributed by atoms with Crippen molar-refractivity contribution in [2.45, 2.75) is 26.8 Å². The van der Waals surface area contributed by atoms with Gasteiger partial charge in [0.15, 0.2) is 5.65 Å². The number of aromatic nitrogens is 7. The van der Waals surface area contributed by atoms with Crippen molar-refractivity contribution in [3.8, 4) is 16.4 Å². The van der Waals surface area contributed by atoms with Crippen LogP contribution in [0.5, 0.6) is 0 Å². The van der Waals surface area contributed by atoms with Gasteiger partial charge in [-0.1, -0.05) is 11.3 Å². The van der Waals surface area contributed by atoms with Gasteiger partial charge in [0.2, 0.25) is 0 Å². The molecule has 0 aliphatic rings. The summed E-state index contributed by atoms with van der Waals surface area (Å²) in [6.07, 6.45) is 4.81. The first-order valence-corrected chi connectivity index (χ1v) is 11.0. The van der Waals surface area contributed by atoms with E-state index < -0.39 is 18.0 Å². The number of rotatable bonds is 6. The molecule has 5 aromatic rings. The molecule has 5 heterocycles. The van der Waals surface area contributed by atoms with Crippen LogP contribution in [-0.4, -0.2) is 40.3 Å². The van der Waals surface area contributed by atoms with Crippen LogP contribution in [0.15, 0.2) is 49.2 Å². The van der Waals surface area contributed by atoms with Gasteiger partial charge in [-0.3, -0.25) is 14.2 Å². The molecule has 1 N–H and O–H groups in total. The van der Waals surface area contributed by atoms with Crippen molar-refractivity contribution in [3.63, 3.8) is 0 Å². The number of thiazole rings is 1. The van der Waals surface area contributed by atoms with Crippen molar-refractivity contribution in [3.05, 3.63) is 76.6 Å². The van der Waals surface area contributed by atoms with Gasteiger partial charge in [0, 0.05) is 35.7 Å². The van der Waals surface area contributed by atoms with Crippen molar-refractivity contribution in [2.24, 2.45) is 0 Å². The van der Waals surface area contributed by atoms with Crippen molar-refractivity contribution >= 4 is 22.9 Å². The van der Waals surface area contributed by atoms with Crippen LogP contribution in [0.1, 0.15) is 38.6 Å². The molecule has 0 radical (unpaired) electrons. The summed E-state index contributed by atoms with van der Waals surface area (Å²) >= 11 is 1.46. The van der Waals surface area contributed by atoms with Gasteiger partial charge in [0.25, 0.3) is 12.3 Å². The number of imidazole rings is 1. The van der Waals surface area contributed by atoms with E-state index in [9.17, 15) is 13.6 Å². The number of hydrogen-bond donors (Lipinski definition) is 1. The van der Waals surface area contributed by atoms with Gasteiger partial charge in [-0.25, -0.2) is 23.4 Å². The Hall–Kier alpha value is -4.06. The number of nitrogens with zero attached hydrogens (tertiary/aromatic N) is 7. The number of carbonyl (C=O) groups is 1. The maximum atomic E-state index is 13.6. The molecule has 34 heavy (non-hydrogen) atoms. The predicted octanol–water partition coefficient (Wildman–Crippen LogP) is 3.92. The Morgan fingerprint density at radius 1 is 1.12 bits per heavy atom. The van der Waals surface area contributed by atoms with E-state index in [1.54, 1.807) is 29.2 Å². The topological polar surface area (TPSA) is 103 Å². The summed E-state index contributed by atoms with van der Waals surface area (Å²) in [4.78, 5) is 27.1. The van der Waals surface area contributed by atoms with E-state index in [-0.39, 0.29) is 17.8 Å². The van der Waals surface area contributed by atoms with E-state index in [1.807, 2.05) is 26.0 Å². The second-order valence-electron chi connectivity index (χ2n) is 7.59. The largest absolute Gasteiger partial charge is 0.348 e. The van der Waals surface area contributed by atoms with E-state index in [0.717, 1.165) is 27.0 Å². The molecular formula is C22H18F2N8OS. The van der Waals surface area contributed by atoms with Gasteiger partial charge in [0.05, 0.1) is 18.0 Å². The van der Waals surface area contributed by atoms with Gasteiger partial charge in [-0.15, -0.1) is 16.4 Å². The number of pyridine rings is 2. The molecule has 0 atom stereocenters. The molecule has 0 spiro atoms. The summed E-state index contributed by atoms with van der Waals surface area (Å²) in [6.45, 7) is 4.07. The van der Waals surface area contributed by atoms with Gasteiger partial charge >= 0.3 is 0 Å². The number of aryl methyl sites for hydroxylation is 2. The Kier molecular flexibility index (Phi) is 5.57. The van der Waals surface area contributed by atoms with Crippen LogP contribution < -0.4 is 5.32 Å². The highest BCUT2D eigenvalue weighted by Crippen LogP contribution is 2.29. The standard InChI is InChI=1S/C22H18F2N8OS/c1-12-3-4-14(7-25-12)8-27-21(33)15-5-16(32-17(19(23)24)10-29-30-32)20-26-9-18(31(20)11-15)22-28-6-13(2)34-22/h3-7,9-11,19H,8H2,1-2H3,(H,27,33). The quantitative estimate of drug-likeness (QED) is 0.395. The van der Waals surface area contributed by atoms with E-state index in [1.165, 1.54) is 17.4 Å². The minimum absolute atomic E-state index is 0.206. The third-order valence-electron chi connectivity index (χ3n) is 5.14. The van der Waals surface area contributed by atoms with E-state index in [2.05, 4.69) is 30.6 Å². The molecule has 1 amide bonds. The number of amides is 1. The highest BCUT2D eigenvalue weighted by molar-refractivity contribution is 7.14. The highest BCUT2D eigenvalue weighted by Gasteiger charge is 2.22. The van der Waals surface area contributed by atoms with E-state index in [0.29, 0.717) is 16.3 Å². The fraction of sp³-hybridized carbons (Fsp3) is 0.182. The molecule has 12 heteroatoms. The Balaban J connectivity index is 1.60. The van der Waals surface area contributed by atoms with Crippen molar-refractivity contribution in [1.29, 1.82) is 0 Å². The fourth-order valence-corrected chi connectivity index (χ4v) is 4.22. The van der Waals surface area contributed by atoms with Crippen LogP contribution in [0.25, 0.3) is 22.0 Å². The lowest BCUT2D eigenvalue weighted by Crippen LogP contribution is -2.23. The lowest BCUT2D eigenvalue weighted by atomic mass is 10.2. The van der Waals surface area contributed by atoms with E-state index in [4.69, 9.17) is 0 Å². The summed E-state index contributed by atoms with van der Waals surface area (Å²) in [7, 11) is 0. The first-order chi connectivity index (χ1) is 16.4. The van der Waals surface area contributed by atoms with Crippen LogP contribution in [0.2, 0.25) is 0 Å². The molecule has 0 aliphatic heterocycles. The lowest BCUT2D eigenvalue weighted by Gasteiger charge is -2.12. The van der Waals surface area contributed by atoms with Crippen molar-refractivity contribution < 1.29 is 13.6 Å².